The molecule has 0 bridgehead atoms. The largest absolute Gasteiger partial charge is 0.460 e. The number of aromatic nitrogens is 4. The standard InChI is InChI=1S/C15H15Cl2N5O3/c1-8-11(14(23)25-7-6-24-2)13(22-15(18-8)19-20-21-22)12-9(16)4-3-5-10(12)17/h3-5,13H,6-7H2,1-2H3,(H,18,19,21). The highest BCUT2D eigenvalue weighted by molar-refractivity contribution is 6.36. The number of hydrogen-bond acceptors (Lipinski definition) is 7. The Balaban J connectivity index is 2.09. The summed E-state index contributed by atoms with van der Waals surface area (Å²) in [6, 6.07) is 4.40. The third-order valence-corrected chi connectivity index (χ3v) is 4.39. The van der Waals surface area contributed by atoms with Crippen molar-refractivity contribution in [3.05, 3.63) is 45.1 Å². The lowest BCUT2D eigenvalue weighted by Crippen LogP contribution is -2.30. The number of fused-ring (bicyclic) bond motifs is 1. The molecule has 1 unspecified atom stereocenters. The van der Waals surface area contributed by atoms with Crippen molar-refractivity contribution in [1.29, 1.82) is 0 Å². The third kappa shape index (κ3) is 3.33. The van der Waals surface area contributed by atoms with Crippen molar-refractivity contribution in [3.8, 4) is 0 Å². The second kappa shape index (κ2) is 7.38. The lowest BCUT2D eigenvalue weighted by molar-refractivity contribution is -0.140. The Labute approximate surface area is 153 Å². The molecule has 1 aliphatic heterocycles. The van der Waals surface area contributed by atoms with Gasteiger partial charge in [-0.25, -0.2) is 4.79 Å². The Hall–Kier alpha value is -2.16. The van der Waals surface area contributed by atoms with Gasteiger partial charge in [0.25, 0.3) is 0 Å². The number of tetrazole rings is 1. The summed E-state index contributed by atoms with van der Waals surface area (Å²) < 4.78 is 11.6. The van der Waals surface area contributed by atoms with Gasteiger partial charge in [-0.15, -0.1) is 0 Å². The van der Waals surface area contributed by atoms with Crippen molar-refractivity contribution in [3.63, 3.8) is 0 Å². The average molecular weight is 384 g/mol. The van der Waals surface area contributed by atoms with Crippen LogP contribution in [-0.4, -0.2) is 46.5 Å². The van der Waals surface area contributed by atoms with Crippen molar-refractivity contribution in [2.75, 3.05) is 25.6 Å². The van der Waals surface area contributed by atoms with Crippen LogP contribution in [-0.2, 0) is 14.3 Å². The molecule has 0 amide bonds. The normalized spacial score (nSPS) is 16.4. The first-order valence-electron chi connectivity index (χ1n) is 7.40. The highest BCUT2D eigenvalue weighted by atomic mass is 35.5. The number of methoxy groups -OCH3 is 1. The maximum Gasteiger partial charge on any atom is 0.338 e. The first-order valence-corrected chi connectivity index (χ1v) is 8.15. The van der Waals surface area contributed by atoms with Crippen LogP contribution in [0.3, 0.4) is 0 Å². The summed E-state index contributed by atoms with van der Waals surface area (Å²) in [5.74, 6) is -0.142. The second-order valence-corrected chi connectivity index (χ2v) is 6.09. The van der Waals surface area contributed by atoms with Crippen LogP contribution in [0.25, 0.3) is 0 Å². The van der Waals surface area contributed by atoms with Crippen LogP contribution < -0.4 is 5.32 Å². The number of nitrogens with one attached hydrogen (secondary N) is 1. The molecule has 132 valence electrons. The number of ether oxygens (including phenoxy) is 2. The lowest BCUT2D eigenvalue weighted by atomic mass is 9.95. The third-order valence-electron chi connectivity index (χ3n) is 3.73. The Morgan fingerprint density at radius 3 is 2.72 bits per heavy atom. The number of carbonyl (C=O) groups excluding carboxylic acids is 1. The molecule has 0 saturated heterocycles. The maximum atomic E-state index is 12.7. The summed E-state index contributed by atoms with van der Waals surface area (Å²) >= 11 is 12.7. The summed E-state index contributed by atoms with van der Waals surface area (Å²) in [6.07, 6.45) is 0. The van der Waals surface area contributed by atoms with Gasteiger partial charge in [-0.1, -0.05) is 34.4 Å². The zero-order chi connectivity index (χ0) is 18.0. The minimum absolute atomic E-state index is 0.123. The zero-order valence-corrected chi connectivity index (χ0v) is 15.0. The molecule has 0 aliphatic carbocycles. The predicted molar refractivity (Wildman–Crippen MR) is 91.6 cm³/mol. The van der Waals surface area contributed by atoms with Crippen LogP contribution >= 0.6 is 23.2 Å². The van der Waals surface area contributed by atoms with Gasteiger partial charge in [-0.3, -0.25) is 0 Å². The van der Waals surface area contributed by atoms with E-state index >= 15 is 0 Å². The molecule has 2 aromatic rings. The molecule has 8 nitrogen and oxygen atoms in total. The number of rotatable bonds is 5. The molecular weight excluding hydrogens is 369 g/mol. The maximum absolute atomic E-state index is 12.7. The number of nitrogens with zero attached hydrogens (tertiary/aromatic N) is 4. The van der Waals surface area contributed by atoms with E-state index in [-0.39, 0.29) is 6.61 Å². The molecule has 0 spiro atoms. The van der Waals surface area contributed by atoms with E-state index in [4.69, 9.17) is 32.7 Å². The van der Waals surface area contributed by atoms with Gasteiger partial charge in [-0.05, 0) is 29.5 Å². The van der Waals surface area contributed by atoms with Gasteiger partial charge in [0, 0.05) is 28.4 Å². The molecule has 3 rings (SSSR count). The summed E-state index contributed by atoms with van der Waals surface area (Å²) in [6.45, 7) is 2.15. The number of carbonyl (C=O) groups is 1. The summed E-state index contributed by atoms with van der Waals surface area (Å²) in [4.78, 5) is 12.7. The number of hydrogen-bond donors (Lipinski definition) is 1. The van der Waals surface area contributed by atoms with Crippen molar-refractivity contribution < 1.29 is 14.3 Å². The van der Waals surface area contributed by atoms with Gasteiger partial charge in [0.2, 0.25) is 5.95 Å². The first kappa shape index (κ1) is 17.7. The van der Waals surface area contributed by atoms with Crippen LogP contribution in [0.2, 0.25) is 10.0 Å². The number of allylic oxidation sites excluding steroid dienone is 1. The van der Waals surface area contributed by atoms with E-state index < -0.39 is 12.0 Å². The molecule has 1 aromatic carbocycles. The smallest absolute Gasteiger partial charge is 0.338 e. The molecule has 1 aromatic heterocycles. The van der Waals surface area contributed by atoms with Crippen LogP contribution in [0, 0.1) is 0 Å². The lowest BCUT2D eigenvalue weighted by Gasteiger charge is -2.28. The van der Waals surface area contributed by atoms with Crippen LogP contribution in [0.5, 0.6) is 0 Å². The summed E-state index contributed by atoms with van der Waals surface area (Å²) in [5.41, 5.74) is 1.41. The van der Waals surface area contributed by atoms with Gasteiger partial charge in [0.15, 0.2) is 0 Å². The van der Waals surface area contributed by atoms with E-state index in [9.17, 15) is 4.79 Å². The number of anilines is 1. The molecule has 10 heteroatoms. The minimum Gasteiger partial charge on any atom is -0.460 e. The fourth-order valence-corrected chi connectivity index (χ4v) is 3.22. The molecular formula is C15H15Cl2N5O3. The average Bonchev–Trinajstić information content (AvgIpc) is 3.02. The fourth-order valence-electron chi connectivity index (χ4n) is 2.61. The van der Waals surface area contributed by atoms with Crippen LogP contribution in [0.15, 0.2) is 29.5 Å². The zero-order valence-electron chi connectivity index (χ0n) is 13.5. The van der Waals surface area contributed by atoms with E-state index in [1.54, 1.807) is 25.1 Å². The molecule has 0 saturated carbocycles. The molecule has 1 N–H and O–H groups in total. The molecule has 1 aliphatic rings. The highest BCUT2D eigenvalue weighted by Gasteiger charge is 2.37. The monoisotopic (exact) mass is 383 g/mol. The number of halogens is 2. The Morgan fingerprint density at radius 2 is 2.04 bits per heavy atom. The van der Waals surface area contributed by atoms with Gasteiger partial charge < -0.3 is 14.8 Å². The van der Waals surface area contributed by atoms with Crippen molar-refractivity contribution in [1.82, 2.24) is 20.2 Å². The Morgan fingerprint density at radius 1 is 1.32 bits per heavy atom. The first-order chi connectivity index (χ1) is 12.0. The molecule has 2 heterocycles. The summed E-state index contributed by atoms with van der Waals surface area (Å²) in [7, 11) is 1.53. The van der Waals surface area contributed by atoms with E-state index in [1.165, 1.54) is 11.8 Å². The van der Waals surface area contributed by atoms with Gasteiger partial charge in [0.05, 0.1) is 12.2 Å². The molecule has 25 heavy (non-hydrogen) atoms. The minimum atomic E-state index is -0.706. The fraction of sp³-hybridized carbons (Fsp3) is 0.333. The SMILES string of the molecule is COCCOC(=O)C1=C(C)Nc2nnnn2C1c1c(Cl)cccc1Cl. The van der Waals surface area contributed by atoms with Crippen LogP contribution in [0.4, 0.5) is 5.95 Å². The van der Waals surface area contributed by atoms with E-state index in [0.717, 1.165) is 0 Å². The van der Waals surface area contributed by atoms with Gasteiger partial charge in [-0.2, -0.15) is 4.68 Å². The molecule has 1 atom stereocenters. The highest BCUT2D eigenvalue weighted by Crippen LogP contribution is 2.41. The quantitative estimate of drug-likeness (QED) is 0.626. The van der Waals surface area contributed by atoms with E-state index in [0.29, 0.717) is 39.4 Å². The van der Waals surface area contributed by atoms with Gasteiger partial charge >= 0.3 is 5.97 Å². The number of esters is 1. The Bertz CT molecular complexity index is 816. The van der Waals surface area contributed by atoms with Crippen molar-refractivity contribution in [2.24, 2.45) is 0 Å². The van der Waals surface area contributed by atoms with Crippen molar-refractivity contribution in [2.45, 2.75) is 13.0 Å². The number of benzene rings is 1. The van der Waals surface area contributed by atoms with Crippen LogP contribution in [0.1, 0.15) is 18.5 Å². The van der Waals surface area contributed by atoms with Gasteiger partial charge in [0.1, 0.15) is 12.6 Å². The second-order valence-electron chi connectivity index (χ2n) is 5.28. The van der Waals surface area contributed by atoms with E-state index in [1.807, 2.05) is 0 Å². The van der Waals surface area contributed by atoms with Crippen molar-refractivity contribution >= 4 is 35.1 Å². The molecule has 0 fully saturated rings. The summed E-state index contributed by atoms with van der Waals surface area (Å²) in [5, 5.41) is 15.3. The topological polar surface area (TPSA) is 91.2 Å². The Kier molecular flexibility index (Phi) is 5.22. The van der Waals surface area contributed by atoms with E-state index in [2.05, 4.69) is 20.8 Å². The molecule has 0 radical (unpaired) electrons. The predicted octanol–water partition coefficient (Wildman–Crippen LogP) is 2.46.